The van der Waals surface area contributed by atoms with Crippen molar-refractivity contribution in [1.29, 1.82) is 0 Å². The first kappa shape index (κ1) is 13.4. The van der Waals surface area contributed by atoms with E-state index in [1.165, 1.54) is 11.0 Å². The number of benzene rings is 1. The van der Waals surface area contributed by atoms with E-state index in [1.54, 1.807) is 0 Å². The molecule has 0 bridgehead atoms. The number of carbonyl (C=O) groups is 1. The van der Waals surface area contributed by atoms with E-state index < -0.39 is 11.7 Å². The summed E-state index contributed by atoms with van der Waals surface area (Å²) in [6.07, 6.45) is -4.27. The number of hydrogen-bond acceptors (Lipinski definition) is 2. The number of hydrogen-bond donors (Lipinski definition) is 1. The fourth-order valence-electron chi connectivity index (χ4n) is 1.86. The van der Waals surface area contributed by atoms with Crippen molar-refractivity contribution >= 4 is 27.5 Å². The van der Waals surface area contributed by atoms with Gasteiger partial charge in [0.1, 0.15) is 0 Å². The summed E-state index contributed by atoms with van der Waals surface area (Å²) in [6, 6.07) is 2.88. The Morgan fingerprint density at radius 2 is 2.06 bits per heavy atom. The fraction of sp³-hybridized carbons (Fsp3) is 0.364. The van der Waals surface area contributed by atoms with Gasteiger partial charge in [0.2, 0.25) is 5.91 Å². The highest BCUT2D eigenvalue weighted by atomic mass is 79.9. The minimum absolute atomic E-state index is 0.155. The second-order valence-corrected chi connectivity index (χ2v) is 4.99. The van der Waals surface area contributed by atoms with Crippen LogP contribution in [-0.2, 0) is 11.0 Å². The van der Waals surface area contributed by atoms with Gasteiger partial charge in [0.25, 0.3) is 0 Å². The summed E-state index contributed by atoms with van der Waals surface area (Å²) in [5.41, 5.74) is 5.05. The summed E-state index contributed by atoms with van der Waals surface area (Å²) < 4.78 is 38.3. The normalized spacial score (nSPS) is 20.6. The molecule has 1 atom stereocenters. The summed E-state index contributed by atoms with van der Waals surface area (Å²) in [6.45, 7) is 0.235. The Bertz CT molecular complexity index is 490. The number of nitrogens with zero attached hydrogens (tertiary/aromatic N) is 1. The lowest BCUT2D eigenvalue weighted by Gasteiger charge is -2.19. The molecule has 1 aliphatic rings. The van der Waals surface area contributed by atoms with Crippen LogP contribution in [0.3, 0.4) is 0 Å². The molecular formula is C11H10BrF3N2O. The molecule has 1 fully saturated rings. The summed E-state index contributed by atoms with van der Waals surface area (Å²) in [7, 11) is 0. The van der Waals surface area contributed by atoms with Crippen LogP contribution in [0, 0.1) is 0 Å². The van der Waals surface area contributed by atoms with Crippen LogP contribution < -0.4 is 10.6 Å². The molecule has 7 heteroatoms. The Balaban J connectivity index is 2.41. The molecule has 1 aromatic rings. The van der Waals surface area contributed by atoms with Crippen LogP contribution in [0.15, 0.2) is 22.7 Å². The molecule has 1 aliphatic heterocycles. The van der Waals surface area contributed by atoms with Crippen LogP contribution in [0.4, 0.5) is 18.9 Å². The Morgan fingerprint density at radius 1 is 1.39 bits per heavy atom. The van der Waals surface area contributed by atoms with Gasteiger partial charge in [-0.15, -0.1) is 0 Å². The summed E-state index contributed by atoms with van der Waals surface area (Å²) in [5, 5.41) is 0. The topological polar surface area (TPSA) is 46.3 Å². The minimum atomic E-state index is -4.43. The molecule has 0 aromatic heterocycles. The van der Waals surface area contributed by atoms with E-state index in [0.29, 0.717) is 4.47 Å². The van der Waals surface area contributed by atoms with Crippen molar-refractivity contribution in [2.45, 2.75) is 18.6 Å². The smallest absolute Gasteiger partial charge is 0.326 e. The van der Waals surface area contributed by atoms with E-state index in [0.717, 1.165) is 12.1 Å². The number of carbonyl (C=O) groups excluding carboxylic acids is 1. The van der Waals surface area contributed by atoms with E-state index >= 15 is 0 Å². The van der Waals surface area contributed by atoms with Gasteiger partial charge < -0.3 is 10.6 Å². The molecule has 2 rings (SSSR count). The van der Waals surface area contributed by atoms with Crippen LogP contribution >= 0.6 is 15.9 Å². The van der Waals surface area contributed by atoms with E-state index in [1.807, 2.05) is 0 Å². The Morgan fingerprint density at radius 3 is 2.56 bits per heavy atom. The van der Waals surface area contributed by atoms with Gasteiger partial charge in [-0.1, -0.05) is 0 Å². The molecule has 1 heterocycles. The number of halogens is 4. The zero-order chi connectivity index (χ0) is 13.5. The molecule has 98 valence electrons. The van der Waals surface area contributed by atoms with Crippen LogP contribution in [-0.4, -0.2) is 18.5 Å². The molecular weight excluding hydrogens is 313 g/mol. The average molecular weight is 323 g/mol. The highest BCUT2D eigenvalue weighted by Gasteiger charge is 2.34. The van der Waals surface area contributed by atoms with Crippen LogP contribution in [0.25, 0.3) is 0 Å². The summed E-state index contributed by atoms with van der Waals surface area (Å²) in [4.78, 5) is 12.9. The molecule has 1 saturated heterocycles. The predicted octanol–water partition coefficient (Wildman–Crippen LogP) is 2.53. The fourth-order valence-corrected chi connectivity index (χ4v) is 2.32. The highest BCUT2D eigenvalue weighted by Crippen LogP contribution is 2.36. The third-order valence-corrected chi connectivity index (χ3v) is 3.39. The Kier molecular flexibility index (Phi) is 3.37. The van der Waals surface area contributed by atoms with Gasteiger partial charge in [-0.25, -0.2) is 0 Å². The lowest BCUT2D eigenvalue weighted by molar-refractivity contribution is -0.137. The highest BCUT2D eigenvalue weighted by molar-refractivity contribution is 9.10. The van der Waals surface area contributed by atoms with Crippen molar-refractivity contribution in [1.82, 2.24) is 0 Å². The molecule has 1 amide bonds. The molecule has 0 saturated carbocycles. The van der Waals surface area contributed by atoms with Crippen LogP contribution in [0.1, 0.15) is 12.0 Å². The van der Waals surface area contributed by atoms with Gasteiger partial charge >= 0.3 is 6.18 Å². The van der Waals surface area contributed by atoms with Crippen LogP contribution in [0.2, 0.25) is 0 Å². The van der Waals surface area contributed by atoms with E-state index in [-0.39, 0.29) is 30.6 Å². The number of anilines is 1. The van der Waals surface area contributed by atoms with Gasteiger partial charge in [0.05, 0.1) is 11.3 Å². The van der Waals surface area contributed by atoms with Crippen molar-refractivity contribution in [3.8, 4) is 0 Å². The van der Waals surface area contributed by atoms with Gasteiger partial charge in [-0.2, -0.15) is 13.2 Å². The number of nitrogens with two attached hydrogens (primary N) is 1. The molecule has 0 radical (unpaired) electrons. The van der Waals surface area contributed by atoms with E-state index in [9.17, 15) is 18.0 Å². The monoisotopic (exact) mass is 322 g/mol. The van der Waals surface area contributed by atoms with Crippen LogP contribution in [0.5, 0.6) is 0 Å². The third kappa shape index (κ3) is 2.51. The lowest BCUT2D eigenvalue weighted by atomic mass is 10.2. The van der Waals surface area contributed by atoms with E-state index in [2.05, 4.69) is 15.9 Å². The van der Waals surface area contributed by atoms with Crippen molar-refractivity contribution in [3.63, 3.8) is 0 Å². The largest absolute Gasteiger partial charge is 0.416 e. The number of rotatable bonds is 1. The quantitative estimate of drug-likeness (QED) is 0.863. The van der Waals surface area contributed by atoms with Gasteiger partial charge in [0, 0.05) is 23.5 Å². The van der Waals surface area contributed by atoms with Gasteiger partial charge in [0.15, 0.2) is 0 Å². The van der Waals surface area contributed by atoms with E-state index in [4.69, 9.17) is 5.73 Å². The zero-order valence-electron chi connectivity index (χ0n) is 9.17. The lowest BCUT2D eigenvalue weighted by Crippen LogP contribution is -2.28. The zero-order valence-corrected chi connectivity index (χ0v) is 10.8. The first-order chi connectivity index (χ1) is 8.29. The molecule has 0 aliphatic carbocycles. The second kappa shape index (κ2) is 4.55. The average Bonchev–Trinajstić information content (AvgIpc) is 2.56. The number of amides is 1. The SMILES string of the molecule is NC1CC(=O)N(c2cc(C(F)(F)F)ccc2Br)C1. The molecule has 1 aromatic carbocycles. The Hall–Kier alpha value is -1.08. The Labute approximate surface area is 110 Å². The van der Waals surface area contributed by atoms with Crippen molar-refractivity contribution in [3.05, 3.63) is 28.2 Å². The molecule has 2 N–H and O–H groups in total. The molecule has 0 spiro atoms. The first-order valence-electron chi connectivity index (χ1n) is 5.21. The first-order valence-corrected chi connectivity index (χ1v) is 6.01. The third-order valence-electron chi connectivity index (χ3n) is 2.72. The van der Waals surface area contributed by atoms with Gasteiger partial charge in [-0.3, -0.25) is 4.79 Å². The molecule has 3 nitrogen and oxygen atoms in total. The summed E-state index contributed by atoms with van der Waals surface area (Å²) in [5.74, 6) is -0.262. The van der Waals surface area contributed by atoms with Crippen molar-refractivity contribution in [2.24, 2.45) is 5.73 Å². The standard InChI is InChI=1S/C11H10BrF3N2O/c12-8-2-1-6(11(13,14)15)3-9(8)17-5-7(16)4-10(17)18/h1-3,7H,4-5,16H2. The predicted molar refractivity (Wildman–Crippen MR) is 64.1 cm³/mol. The molecule has 1 unspecified atom stereocenters. The van der Waals surface area contributed by atoms with Crippen molar-refractivity contribution in [2.75, 3.05) is 11.4 Å². The summed E-state index contributed by atoms with van der Waals surface area (Å²) >= 11 is 3.15. The second-order valence-electron chi connectivity index (χ2n) is 4.13. The number of alkyl halides is 3. The maximum atomic E-state index is 12.6. The van der Waals surface area contributed by atoms with Gasteiger partial charge in [-0.05, 0) is 34.1 Å². The maximum absolute atomic E-state index is 12.6. The van der Waals surface area contributed by atoms with Crippen molar-refractivity contribution < 1.29 is 18.0 Å². The minimum Gasteiger partial charge on any atom is -0.326 e. The molecule has 18 heavy (non-hydrogen) atoms. The maximum Gasteiger partial charge on any atom is 0.416 e.